The van der Waals surface area contributed by atoms with Crippen molar-refractivity contribution in [3.05, 3.63) is 35.5 Å². The monoisotopic (exact) mass is 517 g/mol. The van der Waals surface area contributed by atoms with E-state index in [4.69, 9.17) is 18.9 Å². The molecular weight excluding hydrogens is 470 g/mol. The molecule has 0 saturated carbocycles. The van der Waals surface area contributed by atoms with Crippen molar-refractivity contribution in [1.82, 2.24) is 0 Å². The number of carbonyl (C=O) groups is 2. The van der Waals surface area contributed by atoms with Gasteiger partial charge in [0.2, 0.25) is 0 Å². The third kappa shape index (κ3) is 11.2. The number of ether oxygens (including phenoxy) is 4. The van der Waals surface area contributed by atoms with E-state index in [0.29, 0.717) is 12.3 Å². The van der Waals surface area contributed by atoms with Gasteiger partial charge < -0.3 is 23.8 Å². The van der Waals surface area contributed by atoms with E-state index in [1.165, 1.54) is 97.7 Å². The van der Waals surface area contributed by atoms with Crippen LogP contribution in [0.3, 0.4) is 0 Å². The Bertz CT molecular complexity index is 820. The summed E-state index contributed by atoms with van der Waals surface area (Å²) in [4.78, 5) is 26.2. The van der Waals surface area contributed by atoms with Crippen molar-refractivity contribution in [2.45, 2.75) is 96.8 Å². The number of anilines is 1. The molecule has 0 atom stereocenters. The molecule has 0 aromatic heterocycles. The maximum Gasteiger partial charge on any atom is 0.355 e. The second-order valence-electron chi connectivity index (χ2n) is 9.65. The molecule has 0 aliphatic carbocycles. The van der Waals surface area contributed by atoms with E-state index in [9.17, 15) is 9.59 Å². The first kappa shape index (κ1) is 30.7. The van der Waals surface area contributed by atoms with Crippen molar-refractivity contribution < 1.29 is 28.5 Å². The number of esters is 2. The SMILES string of the molecule is CCCCCCCCCCCCCCCCOc1ccc(N2COCC(C(=O)OC)=C2C(=O)OC)cc1. The third-order valence-corrected chi connectivity index (χ3v) is 6.75. The minimum absolute atomic E-state index is 0.00596. The second kappa shape index (κ2) is 18.7. The van der Waals surface area contributed by atoms with E-state index < -0.39 is 11.9 Å². The van der Waals surface area contributed by atoms with Crippen LogP contribution in [0, 0.1) is 0 Å². The molecule has 1 aromatic carbocycles. The van der Waals surface area contributed by atoms with Gasteiger partial charge in [-0.15, -0.1) is 0 Å². The Morgan fingerprint density at radius 2 is 1.27 bits per heavy atom. The highest BCUT2D eigenvalue weighted by Gasteiger charge is 2.32. The van der Waals surface area contributed by atoms with Crippen molar-refractivity contribution in [2.75, 3.05) is 39.1 Å². The predicted molar refractivity (Wildman–Crippen MR) is 147 cm³/mol. The third-order valence-electron chi connectivity index (χ3n) is 6.75. The smallest absolute Gasteiger partial charge is 0.355 e. The van der Waals surface area contributed by atoms with Crippen LogP contribution in [0.25, 0.3) is 0 Å². The van der Waals surface area contributed by atoms with Gasteiger partial charge in [0.15, 0.2) is 0 Å². The number of rotatable bonds is 19. The van der Waals surface area contributed by atoms with Crippen LogP contribution in [0.1, 0.15) is 96.8 Å². The standard InChI is InChI=1S/C30H47NO6/c1-4-5-6-7-8-9-10-11-12-13-14-15-16-17-22-37-26-20-18-25(19-21-26)31-24-36-23-27(29(32)34-2)28(31)30(33)35-3/h18-21H,4-17,22-24H2,1-3H3. The Labute approximate surface area is 223 Å². The number of nitrogens with zero attached hydrogens (tertiary/aromatic N) is 1. The molecule has 1 aliphatic rings. The molecule has 0 amide bonds. The second-order valence-corrected chi connectivity index (χ2v) is 9.65. The number of hydrogen-bond donors (Lipinski definition) is 0. The molecule has 1 aliphatic heterocycles. The van der Waals surface area contributed by atoms with E-state index in [1.54, 1.807) is 4.90 Å². The van der Waals surface area contributed by atoms with Gasteiger partial charge in [0.25, 0.3) is 0 Å². The van der Waals surface area contributed by atoms with Gasteiger partial charge in [-0.05, 0) is 30.7 Å². The lowest BCUT2D eigenvalue weighted by Crippen LogP contribution is -2.38. The molecule has 1 heterocycles. The lowest BCUT2D eigenvalue weighted by atomic mass is 10.0. The maximum atomic E-state index is 12.4. The highest BCUT2D eigenvalue weighted by molar-refractivity contribution is 6.03. The Hall–Kier alpha value is -2.54. The first-order valence-corrected chi connectivity index (χ1v) is 14.1. The molecule has 37 heavy (non-hydrogen) atoms. The van der Waals surface area contributed by atoms with E-state index in [-0.39, 0.29) is 24.6 Å². The van der Waals surface area contributed by atoms with Gasteiger partial charge in [0, 0.05) is 5.69 Å². The lowest BCUT2D eigenvalue weighted by molar-refractivity contribution is -0.140. The van der Waals surface area contributed by atoms with Gasteiger partial charge in [-0.2, -0.15) is 0 Å². The zero-order valence-electron chi connectivity index (χ0n) is 23.2. The first-order valence-electron chi connectivity index (χ1n) is 14.1. The predicted octanol–water partition coefficient (Wildman–Crippen LogP) is 6.94. The zero-order valence-corrected chi connectivity index (χ0v) is 23.2. The number of methoxy groups -OCH3 is 2. The fraction of sp³-hybridized carbons (Fsp3) is 0.667. The van der Waals surface area contributed by atoms with Crippen LogP contribution < -0.4 is 9.64 Å². The summed E-state index contributed by atoms with van der Waals surface area (Å²) in [5.41, 5.74) is 0.973. The Morgan fingerprint density at radius 1 is 0.757 bits per heavy atom. The molecule has 7 nitrogen and oxygen atoms in total. The molecule has 0 radical (unpaired) electrons. The van der Waals surface area contributed by atoms with E-state index in [2.05, 4.69) is 6.92 Å². The van der Waals surface area contributed by atoms with Crippen LogP contribution in [0.15, 0.2) is 35.5 Å². The van der Waals surface area contributed by atoms with Gasteiger partial charge in [0.05, 0.1) is 33.0 Å². The molecular formula is C30H47NO6. The summed E-state index contributed by atoms with van der Waals surface area (Å²) in [6, 6.07) is 7.40. The molecule has 2 rings (SSSR count). The van der Waals surface area contributed by atoms with Crippen LogP contribution in [-0.4, -0.2) is 46.1 Å². The van der Waals surface area contributed by atoms with Crippen molar-refractivity contribution >= 4 is 17.6 Å². The number of unbranched alkanes of at least 4 members (excludes halogenated alkanes) is 13. The zero-order chi connectivity index (χ0) is 26.7. The summed E-state index contributed by atoms with van der Waals surface area (Å²) in [7, 11) is 2.55. The highest BCUT2D eigenvalue weighted by Crippen LogP contribution is 2.28. The molecule has 208 valence electrons. The van der Waals surface area contributed by atoms with Crippen LogP contribution in [0.5, 0.6) is 5.75 Å². The van der Waals surface area contributed by atoms with E-state index in [1.807, 2.05) is 24.3 Å². The average Bonchev–Trinajstić information content (AvgIpc) is 2.94. The summed E-state index contributed by atoms with van der Waals surface area (Å²) in [6.45, 7) is 3.08. The van der Waals surface area contributed by atoms with Crippen LogP contribution in [0.4, 0.5) is 5.69 Å². The molecule has 0 bridgehead atoms. The Morgan fingerprint density at radius 3 is 1.78 bits per heavy atom. The van der Waals surface area contributed by atoms with Crippen molar-refractivity contribution in [1.29, 1.82) is 0 Å². The summed E-state index contributed by atoms with van der Waals surface area (Å²) in [6.07, 6.45) is 18.7. The van der Waals surface area contributed by atoms with E-state index in [0.717, 1.165) is 12.2 Å². The maximum absolute atomic E-state index is 12.4. The minimum Gasteiger partial charge on any atom is -0.494 e. The summed E-state index contributed by atoms with van der Waals surface area (Å²) in [5.74, 6) is -0.451. The molecule has 0 fully saturated rings. The van der Waals surface area contributed by atoms with Crippen LogP contribution >= 0.6 is 0 Å². The molecule has 0 unspecified atom stereocenters. The minimum atomic E-state index is -0.613. The van der Waals surface area contributed by atoms with Gasteiger partial charge >= 0.3 is 11.9 Å². The summed E-state index contributed by atoms with van der Waals surface area (Å²) >= 11 is 0. The largest absolute Gasteiger partial charge is 0.494 e. The number of hydrogen-bond acceptors (Lipinski definition) is 7. The van der Waals surface area contributed by atoms with Gasteiger partial charge in [-0.25, -0.2) is 9.59 Å². The van der Waals surface area contributed by atoms with Crippen molar-refractivity contribution in [2.24, 2.45) is 0 Å². The summed E-state index contributed by atoms with van der Waals surface area (Å²) in [5, 5.41) is 0. The van der Waals surface area contributed by atoms with Crippen LogP contribution in [0.2, 0.25) is 0 Å². The molecule has 0 spiro atoms. The number of carbonyl (C=O) groups excluding carboxylic acids is 2. The van der Waals surface area contributed by atoms with Gasteiger partial charge in [-0.1, -0.05) is 90.4 Å². The Balaban J connectivity index is 1.64. The fourth-order valence-corrected chi connectivity index (χ4v) is 4.56. The molecule has 0 N–H and O–H groups in total. The van der Waals surface area contributed by atoms with Crippen molar-refractivity contribution in [3.8, 4) is 5.75 Å². The fourth-order valence-electron chi connectivity index (χ4n) is 4.56. The van der Waals surface area contributed by atoms with Gasteiger partial charge in [-0.3, -0.25) is 0 Å². The first-order chi connectivity index (χ1) is 18.1. The topological polar surface area (TPSA) is 74.3 Å². The highest BCUT2D eigenvalue weighted by atomic mass is 16.5. The average molecular weight is 518 g/mol. The number of benzene rings is 1. The van der Waals surface area contributed by atoms with Gasteiger partial charge in [0.1, 0.15) is 18.2 Å². The summed E-state index contributed by atoms with van der Waals surface area (Å²) < 4.78 is 21.1. The molecule has 1 aromatic rings. The van der Waals surface area contributed by atoms with Crippen LogP contribution in [-0.2, 0) is 23.8 Å². The quantitative estimate of drug-likeness (QED) is 0.145. The van der Waals surface area contributed by atoms with E-state index >= 15 is 0 Å². The molecule has 0 saturated heterocycles. The van der Waals surface area contributed by atoms with Crippen molar-refractivity contribution in [3.63, 3.8) is 0 Å². The Kier molecular flexibility index (Phi) is 15.5. The lowest BCUT2D eigenvalue weighted by Gasteiger charge is -2.31. The normalized spacial score (nSPS) is 13.5. The molecule has 7 heteroatoms.